The lowest BCUT2D eigenvalue weighted by molar-refractivity contribution is 0.180. The van der Waals surface area contributed by atoms with E-state index in [-0.39, 0.29) is 0 Å². The van der Waals surface area contributed by atoms with E-state index in [1.807, 2.05) is 31.2 Å². The fourth-order valence-corrected chi connectivity index (χ4v) is 4.04. The Hall–Kier alpha value is -1.07. The van der Waals surface area contributed by atoms with Gasteiger partial charge in [0.25, 0.3) is 0 Å². The molecule has 0 radical (unpaired) electrons. The Labute approximate surface area is 160 Å². The molecule has 4 nitrogen and oxygen atoms in total. The first-order valence-electron chi connectivity index (χ1n) is 9.01. The highest BCUT2D eigenvalue weighted by Gasteiger charge is 2.19. The van der Waals surface area contributed by atoms with Gasteiger partial charge in [0, 0.05) is 23.7 Å². The van der Waals surface area contributed by atoms with Crippen LogP contribution in [0.5, 0.6) is 0 Å². The molecule has 1 saturated heterocycles. The second-order valence-corrected chi connectivity index (χ2v) is 7.57. The summed E-state index contributed by atoms with van der Waals surface area (Å²) < 4.78 is 1.76. The summed E-state index contributed by atoms with van der Waals surface area (Å²) in [6.07, 6.45) is 2.60. The molecule has 1 aliphatic rings. The van der Waals surface area contributed by atoms with Gasteiger partial charge in [0.15, 0.2) is 0 Å². The lowest BCUT2D eigenvalue weighted by Crippen LogP contribution is -2.39. The Balaban J connectivity index is 1.63. The first-order chi connectivity index (χ1) is 12.1. The van der Waals surface area contributed by atoms with E-state index in [1.165, 1.54) is 25.9 Å². The Kier molecular flexibility index (Phi) is 6.39. The third kappa shape index (κ3) is 4.56. The van der Waals surface area contributed by atoms with E-state index in [0.717, 1.165) is 42.5 Å². The molecule has 1 aromatic carbocycles. The van der Waals surface area contributed by atoms with Crippen LogP contribution in [-0.2, 0) is 6.54 Å². The molecule has 1 fully saturated rings. The van der Waals surface area contributed by atoms with Crippen LogP contribution in [0.25, 0.3) is 5.69 Å². The van der Waals surface area contributed by atoms with Gasteiger partial charge in [0.1, 0.15) is 5.15 Å². The Morgan fingerprint density at radius 3 is 2.92 bits per heavy atom. The first-order valence-corrected chi connectivity index (χ1v) is 9.77. The number of hydrogen-bond acceptors (Lipinski definition) is 3. The minimum atomic E-state index is 0.658. The molecular formula is C19H26Cl2N4. The highest BCUT2D eigenvalue weighted by atomic mass is 35.5. The number of nitrogens with one attached hydrogen (secondary N) is 1. The van der Waals surface area contributed by atoms with Gasteiger partial charge in [-0.3, -0.25) is 0 Å². The SMILES string of the molecule is CCN1CCCC(CNCc2c(C)nn(-c3cccc(Cl)c3)c2Cl)C1. The average molecular weight is 381 g/mol. The highest BCUT2D eigenvalue weighted by molar-refractivity contribution is 6.31. The van der Waals surface area contributed by atoms with E-state index in [4.69, 9.17) is 23.2 Å². The minimum Gasteiger partial charge on any atom is -0.312 e. The smallest absolute Gasteiger partial charge is 0.137 e. The van der Waals surface area contributed by atoms with Gasteiger partial charge >= 0.3 is 0 Å². The van der Waals surface area contributed by atoms with Crippen LogP contribution in [0, 0.1) is 12.8 Å². The molecule has 1 aromatic heterocycles. The molecule has 1 aliphatic heterocycles. The number of nitrogens with zero attached hydrogens (tertiary/aromatic N) is 3. The van der Waals surface area contributed by atoms with Gasteiger partial charge in [-0.25, -0.2) is 4.68 Å². The summed E-state index contributed by atoms with van der Waals surface area (Å²) in [5.74, 6) is 0.718. The van der Waals surface area contributed by atoms with Gasteiger partial charge in [0.05, 0.1) is 11.4 Å². The van der Waals surface area contributed by atoms with Crippen molar-refractivity contribution < 1.29 is 0 Å². The van der Waals surface area contributed by atoms with Gasteiger partial charge in [0.2, 0.25) is 0 Å². The lowest BCUT2D eigenvalue weighted by atomic mass is 9.98. The molecule has 3 rings (SSSR count). The van der Waals surface area contributed by atoms with E-state index in [0.29, 0.717) is 10.2 Å². The number of benzene rings is 1. The average Bonchev–Trinajstić information content (AvgIpc) is 2.90. The van der Waals surface area contributed by atoms with Crippen molar-refractivity contribution in [3.8, 4) is 5.69 Å². The molecule has 2 aromatic rings. The third-order valence-corrected chi connectivity index (χ3v) is 5.58. The summed E-state index contributed by atoms with van der Waals surface area (Å²) >= 11 is 12.7. The summed E-state index contributed by atoms with van der Waals surface area (Å²) in [5.41, 5.74) is 2.90. The summed E-state index contributed by atoms with van der Waals surface area (Å²) in [5, 5.41) is 9.51. The van der Waals surface area contributed by atoms with E-state index in [2.05, 4.69) is 22.2 Å². The number of likely N-dealkylation sites (tertiary alicyclic amines) is 1. The van der Waals surface area contributed by atoms with Crippen LogP contribution in [0.2, 0.25) is 10.2 Å². The second kappa shape index (κ2) is 8.54. The predicted molar refractivity (Wildman–Crippen MR) is 105 cm³/mol. The summed E-state index contributed by atoms with van der Waals surface area (Å²) in [7, 11) is 0. The molecule has 0 saturated carbocycles. The van der Waals surface area contributed by atoms with Crippen LogP contribution in [-0.4, -0.2) is 40.9 Å². The first kappa shape index (κ1) is 18.7. The van der Waals surface area contributed by atoms with Crippen LogP contribution in [0.15, 0.2) is 24.3 Å². The number of rotatable bonds is 6. The van der Waals surface area contributed by atoms with Gasteiger partial charge in [-0.2, -0.15) is 5.10 Å². The monoisotopic (exact) mass is 380 g/mol. The maximum Gasteiger partial charge on any atom is 0.137 e. The molecule has 1 unspecified atom stereocenters. The zero-order valence-corrected chi connectivity index (χ0v) is 16.4. The third-order valence-electron chi connectivity index (χ3n) is 4.96. The lowest BCUT2D eigenvalue weighted by Gasteiger charge is -2.31. The molecule has 6 heteroatoms. The van der Waals surface area contributed by atoms with Crippen LogP contribution in [0.3, 0.4) is 0 Å². The van der Waals surface area contributed by atoms with Crippen LogP contribution in [0.4, 0.5) is 0 Å². The fourth-order valence-electron chi connectivity index (χ4n) is 3.52. The largest absolute Gasteiger partial charge is 0.312 e. The van der Waals surface area contributed by atoms with Crippen molar-refractivity contribution in [2.75, 3.05) is 26.2 Å². The zero-order chi connectivity index (χ0) is 17.8. The number of piperidine rings is 1. The molecule has 0 spiro atoms. The maximum absolute atomic E-state index is 6.59. The van der Waals surface area contributed by atoms with Crippen molar-refractivity contribution in [2.45, 2.75) is 33.2 Å². The Bertz CT molecular complexity index is 713. The van der Waals surface area contributed by atoms with Crippen molar-refractivity contribution in [3.05, 3.63) is 45.7 Å². The van der Waals surface area contributed by atoms with Gasteiger partial charge in [-0.1, -0.05) is 36.2 Å². The van der Waals surface area contributed by atoms with E-state index in [1.54, 1.807) is 4.68 Å². The summed E-state index contributed by atoms with van der Waals surface area (Å²) in [4.78, 5) is 2.53. The molecule has 136 valence electrons. The number of hydrogen-bond donors (Lipinski definition) is 1. The predicted octanol–water partition coefficient (Wildman–Crippen LogP) is 4.31. The van der Waals surface area contributed by atoms with E-state index < -0.39 is 0 Å². The van der Waals surface area contributed by atoms with Crippen molar-refractivity contribution in [3.63, 3.8) is 0 Å². The van der Waals surface area contributed by atoms with Gasteiger partial charge in [-0.15, -0.1) is 0 Å². The van der Waals surface area contributed by atoms with Crippen LogP contribution in [0.1, 0.15) is 31.0 Å². The van der Waals surface area contributed by atoms with Crippen LogP contribution < -0.4 is 5.32 Å². The second-order valence-electron chi connectivity index (χ2n) is 6.78. The number of aryl methyl sites for hydroxylation is 1. The Morgan fingerprint density at radius 1 is 1.32 bits per heavy atom. The highest BCUT2D eigenvalue weighted by Crippen LogP contribution is 2.25. The fraction of sp³-hybridized carbons (Fsp3) is 0.526. The minimum absolute atomic E-state index is 0.658. The molecule has 25 heavy (non-hydrogen) atoms. The van der Waals surface area contributed by atoms with Gasteiger partial charge in [-0.05, 0) is 63.5 Å². The molecule has 0 amide bonds. The number of halogens is 2. The van der Waals surface area contributed by atoms with Crippen molar-refractivity contribution >= 4 is 23.2 Å². The molecular weight excluding hydrogens is 355 g/mol. The molecule has 0 aliphatic carbocycles. The normalized spacial score (nSPS) is 18.6. The summed E-state index contributed by atoms with van der Waals surface area (Å²) in [6.45, 7) is 9.59. The molecule has 2 heterocycles. The van der Waals surface area contributed by atoms with Crippen molar-refractivity contribution in [1.29, 1.82) is 0 Å². The van der Waals surface area contributed by atoms with Crippen LogP contribution >= 0.6 is 23.2 Å². The van der Waals surface area contributed by atoms with E-state index in [9.17, 15) is 0 Å². The topological polar surface area (TPSA) is 33.1 Å². The summed E-state index contributed by atoms with van der Waals surface area (Å²) in [6, 6.07) is 7.59. The maximum atomic E-state index is 6.59. The molecule has 0 bridgehead atoms. The quantitative estimate of drug-likeness (QED) is 0.810. The van der Waals surface area contributed by atoms with E-state index >= 15 is 0 Å². The van der Waals surface area contributed by atoms with Crippen molar-refractivity contribution in [1.82, 2.24) is 20.0 Å². The zero-order valence-electron chi connectivity index (χ0n) is 14.9. The van der Waals surface area contributed by atoms with Crippen molar-refractivity contribution in [2.24, 2.45) is 5.92 Å². The Morgan fingerprint density at radius 2 is 2.16 bits per heavy atom. The standard InChI is InChI=1S/C19H26Cl2N4/c1-3-24-9-5-6-15(13-24)11-22-12-18-14(2)23-25(19(18)21)17-8-4-7-16(20)10-17/h4,7-8,10,15,22H,3,5-6,9,11-13H2,1-2H3. The molecule has 1 atom stereocenters. The van der Waals surface area contributed by atoms with Gasteiger partial charge < -0.3 is 10.2 Å². The number of aromatic nitrogens is 2. The molecule has 1 N–H and O–H groups in total.